The summed E-state index contributed by atoms with van der Waals surface area (Å²) in [5, 5.41) is 11.7. The quantitative estimate of drug-likeness (QED) is 0.373. The molecule has 0 spiro atoms. The monoisotopic (exact) mass is 251 g/mol. The van der Waals surface area contributed by atoms with Crippen LogP contribution in [0.3, 0.4) is 0 Å². The van der Waals surface area contributed by atoms with Gasteiger partial charge in [-0.15, -0.1) is 0 Å². The van der Waals surface area contributed by atoms with E-state index in [1.165, 1.54) is 25.0 Å². The Morgan fingerprint density at radius 2 is 2.22 bits per heavy atom. The Balaban J connectivity index is 2.36. The van der Waals surface area contributed by atoms with Crippen molar-refractivity contribution in [3.8, 4) is 0 Å². The smallest absolute Gasteiger partial charge is 0.172 e. The van der Waals surface area contributed by atoms with Crippen LogP contribution in [-0.2, 0) is 0 Å². The summed E-state index contributed by atoms with van der Waals surface area (Å²) < 4.78 is 13.3. The molecule has 0 heterocycles. The van der Waals surface area contributed by atoms with Crippen molar-refractivity contribution in [2.45, 2.75) is 25.8 Å². The van der Waals surface area contributed by atoms with Crippen LogP contribution >= 0.6 is 0 Å². The van der Waals surface area contributed by atoms with Crippen molar-refractivity contribution in [2.24, 2.45) is 16.8 Å². The molecule has 2 rings (SSSR count). The maximum absolute atomic E-state index is 13.3. The normalized spacial score (nSPS) is 17.6. The Kier molecular flexibility index (Phi) is 3.41. The van der Waals surface area contributed by atoms with E-state index in [9.17, 15) is 4.39 Å². The topological polar surface area (TPSA) is 61.8 Å². The van der Waals surface area contributed by atoms with Crippen LogP contribution in [-0.4, -0.2) is 24.1 Å². The Labute approximate surface area is 106 Å². The summed E-state index contributed by atoms with van der Waals surface area (Å²) in [6, 6.07) is 4.71. The number of oxime groups is 1. The first kappa shape index (κ1) is 12.7. The molecule has 0 saturated heterocycles. The Bertz CT molecular complexity index is 471. The van der Waals surface area contributed by atoms with Gasteiger partial charge in [0, 0.05) is 24.3 Å². The van der Waals surface area contributed by atoms with Gasteiger partial charge in [0.15, 0.2) is 5.84 Å². The fourth-order valence-corrected chi connectivity index (χ4v) is 2.19. The third kappa shape index (κ3) is 2.39. The van der Waals surface area contributed by atoms with Crippen molar-refractivity contribution in [3.63, 3.8) is 0 Å². The lowest BCUT2D eigenvalue weighted by Crippen LogP contribution is -2.32. The zero-order chi connectivity index (χ0) is 13.3. The highest BCUT2D eigenvalue weighted by molar-refractivity contribution is 6.02. The van der Waals surface area contributed by atoms with Gasteiger partial charge in [-0.1, -0.05) is 5.16 Å². The number of benzene rings is 1. The number of halogens is 1. The second kappa shape index (κ2) is 4.84. The molecule has 4 nitrogen and oxygen atoms in total. The van der Waals surface area contributed by atoms with Crippen LogP contribution in [0.25, 0.3) is 0 Å². The van der Waals surface area contributed by atoms with E-state index in [0.717, 1.165) is 5.69 Å². The van der Waals surface area contributed by atoms with Gasteiger partial charge in [-0.2, -0.15) is 0 Å². The highest BCUT2D eigenvalue weighted by Crippen LogP contribution is 2.37. The molecule has 1 unspecified atom stereocenters. The lowest BCUT2D eigenvalue weighted by molar-refractivity contribution is 0.318. The molecule has 1 saturated carbocycles. The average molecular weight is 251 g/mol. The van der Waals surface area contributed by atoms with Gasteiger partial charge >= 0.3 is 0 Å². The molecule has 3 N–H and O–H groups in total. The van der Waals surface area contributed by atoms with Crippen molar-refractivity contribution in [1.82, 2.24) is 0 Å². The maximum atomic E-state index is 13.3. The summed E-state index contributed by atoms with van der Waals surface area (Å²) in [6.07, 6.45) is 2.46. The molecule has 1 atom stereocenters. The van der Waals surface area contributed by atoms with E-state index in [2.05, 4.69) is 17.0 Å². The number of nitrogens with two attached hydrogens (primary N) is 1. The minimum absolute atomic E-state index is 0.0700. The van der Waals surface area contributed by atoms with Crippen LogP contribution < -0.4 is 10.6 Å². The first-order chi connectivity index (χ1) is 8.54. The van der Waals surface area contributed by atoms with E-state index in [0.29, 0.717) is 17.5 Å². The van der Waals surface area contributed by atoms with Gasteiger partial charge in [-0.25, -0.2) is 4.39 Å². The summed E-state index contributed by atoms with van der Waals surface area (Å²) in [4.78, 5) is 2.06. The van der Waals surface area contributed by atoms with Crippen LogP contribution in [0, 0.1) is 11.7 Å². The van der Waals surface area contributed by atoms with Gasteiger partial charge in [0.1, 0.15) is 5.82 Å². The summed E-state index contributed by atoms with van der Waals surface area (Å²) in [7, 11) is 1.95. The van der Waals surface area contributed by atoms with Crippen LogP contribution in [0.1, 0.15) is 25.3 Å². The summed E-state index contributed by atoms with van der Waals surface area (Å²) in [5.41, 5.74) is 6.81. The van der Waals surface area contributed by atoms with E-state index >= 15 is 0 Å². The Morgan fingerprint density at radius 1 is 1.56 bits per heavy atom. The van der Waals surface area contributed by atoms with E-state index in [1.54, 1.807) is 6.07 Å². The molecule has 0 amide bonds. The van der Waals surface area contributed by atoms with Gasteiger partial charge in [0.25, 0.3) is 0 Å². The largest absolute Gasteiger partial charge is 0.409 e. The lowest BCUT2D eigenvalue weighted by Gasteiger charge is -2.28. The Morgan fingerprint density at radius 3 is 2.78 bits per heavy atom. The molecule has 18 heavy (non-hydrogen) atoms. The summed E-state index contributed by atoms with van der Waals surface area (Å²) in [5.74, 6) is 0.215. The highest BCUT2D eigenvalue weighted by atomic mass is 19.1. The first-order valence-electron chi connectivity index (χ1n) is 6.05. The van der Waals surface area contributed by atoms with Gasteiger partial charge < -0.3 is 15.8 Å². The number of hydrogen-bond acceptors (Lipinski definition) is 3. The molecule has 0 radical (unpaired) electrons. The Hall–Kier alpha value is -1.78. The SMILES string of the molecule is CC(C1CC1)N(C)c1ccc(F)cc1C(N)=NO. The second-order valence-corrected chi connectivity index (χ2v) is 4.84. The molecule has 1 aliphatic carbocycles. The molecule has 0 aliphatic heterocycles. The van der Waals surface area contributed by atoms with Gasteiger partial charge in [0.05, 0.1) is 0 Å². The zero-order valence-corrected chi connectivity index (χ0v) is 10.6. The van der Waals surface area contributed by atoms with Crippen LogP contribution in [0.5, 0.6) is 0 Å². The van der Waals surface area contributed by atoms with E-state index < -0.39 is 5.82 Å². The zero-order valence-electron chi connectivity index (χ0n) is 10.6. The fraction of sp³-hybridized carbons (Fsp3) is 0.462. The van der Waals surface area contributed by atoms with Crippen molar-refractivity contribution < 1.29 is 9.60 Å². The molecule has 0 bridgehead atoms. The molecular weight excluding hydrogens is 233 g/mol. The fourth-order valence-electron chi connectivity index (χ4n) is 2.19. The minimum Gasteiger partial charge on any atom is -0.409 e. The van der Waals surface area contributed by atoms with Crippen LogP contribution in [0.15, 0.2) is 23.4 Å². The van der Waals surface area contributed by atoms with Crippen molar-refractivity contribution in [1.29, 1.82) is 0 Å². The lowest BCUT2D eigenvalue weighted by atomic mass is 10.1. The predicted molar refractivity (Wildman–Crippen MR) is 69.5 cm³/mol. The molecule has 1 aromatic rings. The molecule has 5 heteroatoms. The molecule has 0 aromatic heterocycles. The third-order valence-electron chi connectivity index (χ3n) is 3.64. The number of rotatable bonds is 4. The van der Waals surface area contributed by atoms with Crippen molar-refractivity contribution in [2.75, 3.05) is 11.9 Å². The maximum Gasteiger partial charge on any atom is 0.172 e. The molecular formula is C13H18FN3O. The first-order valence-corrected chi connectivity index (χ1v) is 6.05. The van der Waals surface area contributed by atoms with Crippen LogP contribution in [0.2, 0.25) is 0 Å². The number of hydrogen-bond donors (Lipinski definition) is 2. The van der Waals surface area contributed by atoms with Gasteiger partial charge in [-0.3, -0.25) is 0 Å². The standard InChI is InChI=1S/C13H18FN3O/c1-8(9-3-4-9)17(2)12-6-5-10(14)7-11(12)13(15)16-18/h5-9,18H,3-4H2,1-2H3,(H2,15,16). The molecule has 1 fully saturated rings. The summed E-state index contributed by atoms with van der Waals surface area (Å²) in [6.45, 7) is 2.14. The minimum atomic E-state index is -0.396. The third-order valence-corrected chi connectivity index (χ3v) is 3.64. The van der Waals surface area contributed by atoms with Crippen molar-refractivity contribution in [3.05, 3.63) is 29.6 Å². The number of nitrogens with zero attached hydrogens (tertiary/aromatic N) is 2. The van der Waals surface area contributed by atoms with E-state index in [1.807, 2.05) is 7.05 Å². The van der Waals surface area contributed by atoms with Gasteiger partial charge in [0.2, 0.25) is 0 Å². The van der Waals surface area contributed by atoms with Crippen molar-refractivity contribution >= 4 is 11.5 Å². The predicted octanol–water partition coefficient (Wildman–Crippen LogP) is 2.15. The number of amidine groups is 1. The van der Waals surface area contributed by atoms with E-state index in [4.69, 9.17) is 10.9 Å². The highest BCUT2D eigenvalue weighted by Gasteiger charge is 2.31. The second-order valence-electron chi connectivity index (χ2n) is 4.84. The molecule has 1 aromatic carbocycles. The molecule has 1 aliphatic rings. The van der Waals surface area contributed by atoms with Crippen LogP contribution in [0.4, 0.5) is 10.1 Å². The summed E-state index contributed by atoms with van der Waals surface area (Å²) >= 11 is 0. The van der Waals surface area contributed by atoms with Gasteiger partial charge in [-0.05, 0) is 43.9 Å². The molecule has 98 valence electrons. The number of anilines is 1. The average Bonchev–Trinajstić information content (AvgIpc) is 3.20. The van der Waals surface area contributed by atoms with E-state index in [-0.39, 0.29) is 5.84 Å².